The predicted molar refractivity (Wildman–Crippen MR) is 90.3 cm³/mol. The Morgan fingerprint density at radius 1 is 1.29 bits per heavy atom. The number of benzene rings is 1. The van der Waals surface area contributed by atoms with Crippen LogP contribution in [0.1, 0.15) is 30.6 Å². The summed E-state index contributed by atoms with van der Waals surface area (Å²) >= 11 is 6.00. The van der Waals surface area contributed by atoms with Crippen molar-refractivity contribution in [3.63, 3.8) is 0 Å². The lowest BCUT2D eigenvalue weighted by Gasteiger charge is -2.15. The van der Waals surface area contributed by atoms with Gasteiger partial charge in [0.15, 0.2) is 6.04 Å². The van der Waals surface area contributed by atoms with Crippen LogP contribution in [0, 0.1) is 5.92 Å². The smallest absolute Gasteiger partial charge is 0.328 e. The topological polar surface area (TPSA) is 105 Å². The fourth-order valence-electron chi connectivity index (χ4n) is 1.94. The number of anilines is 1. The van der Waals surface area contributed by atoms with Gasteiger partial charge in [0, 0.05) is 19.2 Å². The standard InChI is InChI=1S/C16H21ClN2O5/c1-9(2)6-14(20)18-10-4-5-12(17)11(7-10)15(21)19-13(8-24-3)16(22)23/h4-5,7,9,13H,6,8H2,1-3H3,(H,18,20)(H,19,21)(H,22,23). The van der Waals surface area contributed by atoms with Crippen molar-refractivity contribution < 1.29 is 24.2 Å². The van der Waals surface area contributed by atoms with Crippen LogP contribution >= 0.6 is 11.6 Å². The van der Waals surface area contributed by atoms with E-state index in [4.69, 9.17) is 21.4 Å². The Morgan fingerprint density at radius 3 is 2.50 bits per heavy atom. The first-order valence-electron chi connectivity index (χ1n) is 7.36. The van der Waals surface area contributed by atoms with Crippen LogP contribution in [0.5, 0.6) is 0 Å². The van der Waals surface area contributed by atoms with E-state index in [1.54, 1.807) is 6.07 Å². The zero-order valence-corrected chi connectivity index (χ0v) is 14.5. The predicted octanol–water partition coefficient (Wildman–Crippen LogP) is 2.15. The summed E-state index contributed by atoms with van der Waals surface area (Å²) in [5, 5.41) is 14.2. The summed E-state index contributed by atoms with van der Waals surface area (Å²) in [5.74, 6) is -1.86. The van der Waals surface area contributed by atoms with Crippen LogP contribution in [0.2, 0.25) is 5.02 Å². The van der Waals surface area contributed by atoms with E-state index in [9.17, 15) is 14.4 Å². The van der Waals surface area contributed by atoms with Gasteiger partial charge in [0.1, 0.15) is 0 Å². The first-order valence-corrected chi connectivity index (χ1v) is 7.74. The number of carbonyl (C=O) groups is 3. The number of carbonyl (C=O) groups excluding carboxylic acids is 2. The molecule has 1 aromatic carbocycles. The zero-order chi connectivity index (χ0) is 18.3. The largest absolute Gasteiger partial charge is 0.480 e. The summed E-state index contributed by atoms with van der Waals surface area (Å²) in [6.07, 6.45) is 0.346. The highest BCUT2D eigenvalue weighted by molar-refractivity contribution is 6.34. The molecule has 7 nitrogen and oxygen atoms in total. The number of aliphatic carboxylic acids is 1. The van der Waals surface area contributed by atoms with Gasteiger partial charge in [0.2, 0.25) is 5.91 Å². The Hall–Kier alpha value is -2.12. The van der Waals surface area contributed by atoms with Crippen molar-refractivity contribution in [2.45, 2.75) is 26.3 Å². The van der Waals surface area contributed by atoms with Crippen LogP contribution in [-0.4, -0.2) is 42.6 Å². The minimum absolute atomic E-state index is 0.0707. The Balaban J connectivity index is 2.90. The lowest BCUT2D eigenvalue weighted by atomic mass is 10.1. The number of amides is 2. The summed E-state index contributed by atoms with van der Waals surface area (Å²) in [4.78, 5) is 35.1. The van der Waals surface area contributed by atoms with Crippen molar-refractivity contribution in [2.75, 3.05) is 19.0 Å². The minimum atomic E-state index is -1.22. The Morgan fingerprint density at radius 2 is 1.96 bits per heavy atom. The maximum absolute atomic E-state index is 12.2. The van der Waals surface area contributed by atoms with Gasteiger partial charge < -0.3 is 20.5 Å². The number of carboxylic acid groups (broad SMARTS) is 1. The number of hydrogen-bond donors (Lipinski definition) is 3. The molecular weight excluding hydrogens is 336 g/mol. The van der Waals surface area contributed by atoms with Crippen molar-refractivity contribution in [2.24, 2.45) is 5.92 Å². The zero-order valence-electron chi connectivity index (χ0n) is 13.8. The summed E-state index contributed by atoms with van der Waals surface area (Å²) in [5.41, 5.74) is 0.482. The van der Waals surface area contributed by atoms with Crippen molar-refractivity contribution in [3.05, 3.63) is 28.8 Å². The van der Waals surface area contributed by atoms with E-state index in [0.717, 1.165) is 0 Å². The number of methoxy groups -OCH3 is 1. The second kappa shape index (κ2) is 9.24. The third-order valence-electron chi connectivity index (χ3n) is 3.03. The molecule has 24 heavy (non-hydrogen) atoms. The van der Waals surface area contributed by atoms with Gasteiger partial charge in [0.05, 0.1) is 17.2 Å². The quantitative estimate of drug-likeness (QED) is 0.662. The molecule has 0 aromatic heterocycles. The van der Waals surface area contributed by atoms with E-state index in [0.29, 0.717) is 12.1 Å². The van der Waals surface area contributed by atoms with E-state index in [1.807, 2.05) is 13.8 Å². The molecule has 0 bridgehead atoms. The molecule has 0 aliphatic carbocycles. The van der Waals surface area contributed by atoms with E-state index in [2.05, 4.69) is 10.6 Å². The van der Waals surface area contributed by atoms with E-state index in [1.165, 1.54) is 19.2 Å². The van der Waals surface area contributed by atoms with Crippen molar-refractivity contribution in [3.8, 4) is 0 Å². The lowest BCUT2D eigenvalue weighted by Crippen LogP contribution is -2.43. The van der Waals surface area contributed by atoms with Crippen LogP contribution in [0.3, 0.4) is 0 Å². The third-order valence-corrected chi connectivity index (χ3v) is 3.35. The lowest BCUT2D eigenvalue weighted by molar-refractivity contribution is -0.140. The normalized spacial score (nSPS) is 11.9. The first kappa shape index (κ1) is 19.9. The van der Waals surface area contributed by atoms with Gasteiger partial charge in [0.25, 0.3) is 5.91 Å². The second-order valence-electron chi connectivity index (χ2n) is 5.66. The highest BCUT2D eigenvalue weighted by Gasteiger charge is 2.22. The molecule has 1 unspecified atom stereocenters. The van der Waals surface area contributed by atoms with Crippen molar-refractivity contribution in [1.29, 1.82) is 0 Å². The maximum atomic E-state index is 12.2. The molecule has 0 spiro atoms. The number of hydrogen-bond acceptors (Lipinski definition) is 4. The van der Waals surface area contributed by atoms with Gasteiger partial charge in [-0.2, -0.15) is 0 Å². The third kappa shape index (κ3) is 6.17. The first-order chi connectivity index (χ1) is 11.2. The van der Waals surface area contributed by atoms with E-state index < -0.39 is 17.9 Å². The van der Waals surface area contributed by atoms with Crippen LogP contribution < -0.4 is 10.6 Å². The fraction of sp³-hybridized carbons (Fsp3) is 0.438. The molecule has 8 heteroatoms. The van der Waals surface area contributed by atoms with Crippen LogP contribution in [0.4, 0.5) is 5.69 Å². The Kier molecular flexibility index (Phi) is 7.67. The molecule has 0 aliphatic heterocycles. The Labute approximate surface area is 145 Å². The number of halogens is 1. The second-order valence-corrected chi connectivity index (χ2v) is 6.07. The maximum Gasteiger partial charge on any atom is 0.328 e. The molecule has 0 radical (unpaired) electrons. The number of ether oxygens (including phenoxy) is 1. The molecule has 1 aromatic rings. The van der Waals surface area contributed by atoms with Crippen LogP contribution in [-0.2, 0) is 14.3 Å². The number of carboxylic acids is 1. The molecule has 0 saturated heterocycles. The number of nitrogens with one attached hydrogen (secondary N) is 2. The molecule has 0 heterocycles. The SMILES string of the molecule is COCC(NC(=O)c1cc(NC(=O)CC(C)C)ccc1Cl)C(=O)O. The monoisotopic (exact) mass is 356 g/mol. The molecule has 0 aliphatic rings. The van der Waals surface area contributed by atoms with Gasteiger partial charge in [-0.15, -0.1) is 0 Å². The van der Waals surface area contributed by atoms with Gasteiger partial charge in [-0.1, -0.05) is 25.4 Å². The van der Waals surface area contributed by atoms with Crippen molar-refractivity contribution >= 4 is 35.1 Å². The molecule has 132 valence electrons. The minimum Gasteiger partial charge on any atom is -0.480 e. The molecular formula is C16H21ClN2O5. The van der Waals surface area contributed by atoms with Crippen LogP contribution in [0.25, 0.3) is 0 Å². The van der Waals surface area contributed by atoms with Crippen LogP contribution in [0.15, 0.2) is 18.2 Å². The Bertz CT molecular complexity index is 618. The molecule has 0 saturated carbocycles. The van der Waals surface area contributed by atoms with Gasteiger partial charge in [-0.05, 0) is 24.1 Å². The summed E-state index contributed by atoms with van der Waals surface area (Å²) in [6.45, 7) is 3.66. The highest BCUT2D eigenvalue weighted by Crippen LogP contribution is 2.21. The molecule has 1 rings (SSSR count). The average Bonchev–Trinajstić information content (AvgIpc) is 2.47. The van der Waals surface area contributed by atoms with E-state index in [-0.39, 0.29) is 29.0 Å². The highest BCUT2D eigenvalue weighted by atomic mass is 35.5. The average molecular weight is 357 g/mol. The van der Waals surface area contributed by atoms with E-state index >= 15 is 0 Å². The molecule has 1 atom stereocenters. The molecule has 3 N–H and O–H groups in total. The number of rotatable bonds is 8. The summed E-state index contributed by atoms with van der Waals surface area (Å²) in [6, 6.07) is 3.24. The summed E-state index contributed by atoms with van der Waals surface area (Å²) in [7, 11) is 1.33. The van der Waals surface area contributed by atoms with Gasteiger partial charge in [-0.25, -0.2) is 4.79 Å². The summed E-state index contributed by atoms with van der Waals surface area (Å²) < 4.78 is 4.76. The fourth-order valence-corrected chi connectivity index (χ4v) is 2.14. The van der Waals surface area contributed by atoms with Gasteiger partial charge >= 0.3 is 5.97 Å². The van der Waals surface area contributed by atoms with Gasteiger partial charge in [-0.3, -0.25) is 9.59 Å². The van der Waals surface area contributed by atoms with Crippen molar-refractivity contribution in [1.82, 2.24) is 5.32 Å². The molecule has 0 fully saturated rings. The molecule has 2 amide bonds.